The summed E-state index contributed by atoms with van der Waals surface area (Å²) in [4.78, 5) is 73.0. The molecule has 0 bridgehead atoms. The van der Waals surface area contributed by atoms with Crippen molar-refractivity contribution in [2.45, 2.75) is 303 Å². The number of carbonyl (C=O) groups excluding carboxylic acids is 4. The third-order valence-electron chi connectivity index (χ3n) is 15.8. The smallest absolute Gasteiger partial charge is 0.462 e. The molecule has 600 valence electrons. The van der Waals surface area contributed by atoms with Gasteiger partial charge in [-0.05, 0) is 167 Å². The molecule has 0 aromatic rings. The molecule has 0 spiro atoms. The summed E-state index contributed by atoms with van der Waals surface area (Å²) in [5.41, 5.74) is 0. The predicted octanol–water partition coefficient (Wildman–Crippen LogP) is 23.6. The second-order valence-electron chi connectivity index (χ2n) is 25.9. The highest BCUT2D eigenvalue weighted by Crippen LogP contribution is 2.45. The standard InChI is InChI=1S/C87H140O17P2/c1-5-9-13-17-21-25-29-33-36-39-40-43-45-49-52-56-60-64-68-72-85(90)97-77-82(103-86(91)73-69-65-61-57-53-47-32-28-24-20-16-12-8-4)79-101-105(93,94)99-75-81(88)76-100-106(95,96)102-80-83(104-87(92)74-70-66-62-58-54-50-46-42-38-35-31-27-23-19-15-11-7-3)78-98-84(89)71-67-63-59-55-51-48-44-41-37-34-30-26-22-18-14-10-6-2/h9,13,21-23,25-28,32-38,40,43-44,46,48-50,52,55,58-60,62,64,81-83,88H,5-8,10-12,14-20,24,29-31,39,41-42,45,47,51,53-54,56-57,61,63,65-80H2,1-4H3,(H,93,94)(H,95,96)/b13-9-,25-21-,26-22-,27-23-,32-28-,36-33-,37-34-,38-35-,43-40-,48-44-,50-46-,52-49-,59-55-,62-58-,64-60-/t81-,82-,83-/m1/s1. The van der Waals surface area contributed by atoms with Gasteiger partial charge in [-0.15, -0.1) is 0 Å². The number of hydrogen-bond donors (Lipinski definition) is 3. The van der Waals surface area contributed by atoms with Crippen LogP contribution in [0.2, 0.25) is 0 Å². The van der Waals surface area contributed by atoms with Crippen LogP contribution in [0.5, 0.6) is 0 Å². The Kier molecular flexibility index (Phi) is 73.1. The Morgan fingerprint density at radius 3 is 0.877 bits per heavy atom. The summed E-state index contributed by atoms with van der Waals surface area (Å²) in [6, 6.07) is 0. The molecule has 0 fully saturated rings. The maximum atomic E-state index is 13.1. The molecular weight excluding hydrogens is 1380 g/mol. The van der Waals surface area contributed by atoms with E-state index in [2.05, 4.69) is 167 Å². The van der Waals surface area contributed by atoms with Gasteiger partial charge in [-0.1, -0.05) is 274 Å². The third-order valence-corrected chi connectivity index (χ3v) is 17.7. The van der Waals surface area contributed by atoms with Gasteiger partial charge in [0, 0.05) is 25.7 Å². The summed E-state index contributed by atoms with van der Waals surface area (Å²) in [7, 11) is -10.0. The zero-order chi connectivity index (χ0) is 77.4. The Morgan fingerprint density at radius 2 is 0.519 bits per heavy atom. The van der Waals surface area contributed by atoms with Crippen molar-refractivity contribution in [1.82, 2.24) is 0 Å². The molecule has 19 heteroatoms. The molecule has 17 nitrogen and oxygen atoms in total. The van der Waals surface area contributed by atoms with E-state index in [0.717, 1.165) is 122 Å². The second-order valence-corrected chi connectivity index (χ2v) is 28.8. The van der Waals surface area contributed by atoms with Crippen LogP contribution in [0.4, 0.5) is 0 Å². The quantitative estimate of drug-likeness (QED) is 0.0169. The number of hydrogen-bond acceptors (Lipinski definition) is 15. The van der Waals surface area contributed by atoms with E-state index in [1.807, 2.05) is 42.5 Å². The second kappa shape index (κ2) is 77.3. The van der Waals surface area contributed by atoms with Gasteiger partial charge in [0.25, 0.3) is 0 Å². The summed E-state index contributed by atoms with van der Waals surface area (Å²) in [6.07, 6.45) is 93.3. The van der Waals surface area contributed by atoms with E-state index in [0.29, 0.717) is 44.9 Å². The predicted molar refractivity (Wildman–Crippen MR) is 436 cm³/mol. The average Bonchev–Trinajstić information content (AvgIpc) is 0.900. The largest absolute Gasteiger partial charge is 0.472 e. The number of rotatable bonds is 73. The first kappa shape index (κ1) is 100. The highest BCUT2D eigenvalue weighted by Gasteiger charge is 2.30. The molecule has 0 rings (SSSR count). The molecule has 5 atom stereocenters. The van der Waals surface area contributed by atoms with Gasteiger partial charge < -0.3 is 33.8 Å². The lowest BCUT2D eigenvalue weighted by molar-refractivity contribution is -0.161. The average molecular weight is 1520 g/mol. The number of carbonyl (C=O) groups is 4. The van der Waals surface area contributed by atoms with E-state index in [9.17, 15) is 43.2 Å². The number of allylic oxidation sites excluding steroid dienone is 30. The Hall–Kier alpha value is -5.84. The van der Waals surface area contributed by atoms with E-state index in [4.69, 9.17) is 37.0 Å². The maximum Gasteiger partial charge on any atom is 0.472 e. The maximum absolute atomic E-state index is 13.1. The highest BCUT2D eigenvalue weighted by atomic mass is 31.2. The molecule has 0 aliphatic rings. The molecule has 2 unspecified atom stereocenters. The van der Waals surface area contributed by atoms with Gasteiger partial charge in [0.05, 0.1) is 26.4 Å². The van der Waals surface area contributed by atoms with Gasteiger partial charge >= 0.3 is 39.5 Å². The van der Waals surface area contributed by atoms with E-state index in [1.165, 1.54) is 64.2 Å². The third kappa shape index (κ3) is 76.4. The summed E-state index contributed by atoms with van der Waals surface area (Å²) in [6.45, 7) is 4.44. The molecule has 0 saturated carbocycles. The van der Waals surface area contributed by atoms with Gasteiger partial charge in [-0.25, -0.2) is 9.13 Å². The normalized spacial score (nSPS) is 14.8. The van der Waals surface area contributed by atoms with Crippen LogP contribution in [0.25, 0.3) is 0 Å². The van der Waals surface area contributed by atoms with Gasteiger partial charge in [-0.2, -0.15) is 0 Å². The molecule has 0 aliphatic carbocycles. The van der Waals surface area contributed by atoms with Crippen LogP contribution in [-0.4, -0.2) is 96.7 Å². The summed E-state index contributed by atoms with van der Waals surface area (Å²) >= 11 is 0. The van der Waals surface area contributed by atoms with Crippen molar-refractivity contribution in [3.8, 4) is 0 Å². The SMILES string of the molecule is CC/C=C\C/C=C\C/C=C\C/C=C\C/C=C\C/C=C\CCC(=O)OC[C@H](COP(=O)(O)OC[C@@H](O)COP(=O)(O)OC[C@@H](COC(=O)CCC/C=C\C/C=C\C/C=C\C/C=C\CCCCC)OC(=O)CCC/C=C\C/C=C\C/C=C\C/C=C\CCCCC)OC(=O)CCCCCCC/C=C\CCCCCC. The van der Waals surface area contributed by atoms with Gasteiger partial charge in [-0.3, -0.25) is 37.3 Å². The number of esters is 4. The van der Waals surface area contributed by atoms with Crippen molar-refractivity contribution in [1.29, 1.82) is 0 Å². The first-order valence-electron chi connectivity index (χ1n) is 40.0. The minimum Gasteiger partial charge on any atom is -0.462 e. The summed E-state index contributed by atoms with van der Waals surface area (Å²) in [5, 5.41) is 10.6. The molecule has 106 heavy (non-hydrogen) atoms. The topological polar surface area (TPSA) is 237 Å². The molecule has 0 aliphatic heterocycles. The number of phosphoric acid groups is 2. The van der Waals surface area contributed by atoms with Gasteiger partial charge in [0.15, 0.2) is 12.2 Å². The van der Waals surface area contributed by atoms with Crippen LogP contribution in [0.1, 0.15) is 285 Å². The van der Waals surface area contributed by atoms with Gasteiger partial charge in [0.2, 0.25) is 0 Å². The lowest BCUT2D eigenvalue weighted by Gasteiger charge is -2.21. The van der Waals surface area contributed by atoms with Crippen molar-refractivity contribution in [3.05, 3.63) is 182 Å². The van der Waals surface area contributed by atoms with Crippen LogP contribution in [0.3, 0.4) is 0 Å². The molecule has 0 heterocycles. The van der Waals surface area contributed by atoms with Crippen LogP contribution in [0.15, 0.2) is 182 Å². The van der Waals surface area contributed by atoms with E-state index >= 15 is 0 Å². The minimum absolute atomic E-state index is 0.000868. The van der Waals surface area contributed by atoms with Gasteiger partial charge in [0.1, 0.15) is 19.3 Å². The highest BCUT2D eigenvalue weighted by molar-refractivity contribution is 7.47. The fourth-order valence-corrected chi connectivity index (χ4v) is 11.3. The summed E-state index contributed by atoms with van der Waals surface area (Å²) in [5.74, 6) is -2.43. The first-order valence-corrected chi connectivity index (χ1v) is 43.0. The molecule has 0 amide bonds. The van der Waals surface area contributed by atoms with Crippen LogP contribution >= 0.6 is 15.6 Å². The van der Waals surface area contributed by atoms with Crippen molar-refractivity contribution >= 4 is 39.5 Å². The van der Waals surface area contributed by atoms with E-state index in [-0.39, 0.29) is 25.7 Å². The summed E-state index contributed by atoms with van der Waals surface area (Å²) < 4.78 is 68.4. The first-order chi connectivity index (χ1) is 51.7. The van der Waals surface area contributed by atoms with Crippen molar-refractivity contribution in [3.63, 3.8) is 0 Å². The lowest BCUT2D eigenvalue weighted by atomic mass is 10.1. The van der Waals surface area contributed by atoms with E-state index in [1.54, 1.807) is 0 Å². The molecule has 0 saturated heterocycles. The Bertz CT molecular complexity index is 2730. The van der Waals surface area contributed by atoms with Crippen LogP contribution < -0.4 is 0 Å². The molecule has 3 N–H and O–H groups in total. The lowest BCUT2D eigenvalue weighted by Crippen LogP contribution is -2.30. The number of aliphatic hydroxyl groups excluding tert-OH is 1. The zero-order valence-corrected chi connectivity index (χ0v) is 67.3. The number of unbranched alkanes of at least 4 members (excludes halogenated alkanes) is 17. The molecule has 0 aromatic carbocycles. The van der Waals surface area contributed by atoms with Crippen molar-refractivity contribution < 1.29 is 80.2 Å². The monoisotopic (exact) mass is 1520 g/mol. The zero-order valence-electron chi connectivity index (χ0n) is 65.5. The Balaban J connectivity index is 5.54. The molecule has 0 aromatic heterocycles. The van der Waals surface area contributed by atoms with E-state index < -0.39 is 97.5 Å². The number of phosphoric ester groups is 2. The fraction of sp³-hybridized carbons (Fsp3) is 0.609. The Morgan fingerprint density at radius 1 is 0.274 bits per heavy atom. The molecule has 0 radical (unpaired) electrons. The van der Waals surface area contributed by atoms with Crippen LogP contribution in [-0.2, 0) is 65.4 Å². The van der Waals surface area contributed by atoms with Crippen molar-refractivity contribution in [2.24, 2.45) is 0 Å². The van der Waals surface area contributed by atoms with Crippen molar-refractivity contribution in [2.75, 3.05) is 39.6 Å². The number of aliphatic hydroxyl groups is 1. The number of ether oxygens (including phenoxy) is 4. The van der Waals surface area contributed by atoms with Crippen LogP contribution in [0, 0.1) is 0 Å². The fourth-order valence-electron chi connectivity index (χ4n) is 9.75. The Labute approximate surface area is 641 Å². The minimum atomic E-state index is -5.02. The molecular formula is C87H140O17P2.